The molecule has 2 N–H and O–H groups in total. The number of hydrogen-bond acceptors (Lipinski definition) is 3. The summed E-state index contributed by atoms with van der Waals surface area (Å²) in [7, 11) is 0. The van der Waals surface area contributed by atoms with Crippen molar-refractivity contribution >= 4 is 52.6 Å². The highest BCUT2D eigenvalue weighted by molar-refractivity contribution is 6.39. The number of halogens is 5. The van der Waals surface area contributed by atoms with Crippen LogP contribution in [0.5, 0.6) is 0 Å². The molecular weight excluding hydrogens is 447 g/mol. The lowest BCUT2D eigenvalue weighted by Crippen LogP contribution is -2.35. The maximum atomic E-state index is 13.6. The van der Waals surface area contributed by atoms with Gasteiger partial charge < -0.3 is 0 Å². The summed E-state index contributed by atoms with van der Waals surface area (Å²) in [6.07, 6.45) is 0. The van der Waals surface area contributed by atoms with Crippen LogP contribution in [0.4, 0.5) is 19.4 Å². The van der Waals surface area contributed by atoms with E-state index in [-0.39, 0.29) is 16.0 Å². The van der Waals surface area contributed by atoms with Crippen LogP contribution in [0.3, 0.4) is 0 Å². The molecule has 0 saturated carbocycles. The molecule has 0 atom stereocenters. The van der Waals surface area contributed by atoms with Crippen molar-refractivity contribution in [3.63, 3.8) is 0 Å². The van der Waals surface area contributed by atoms with Crippen molar-refractivity contribution in [3.8, 4) is 11.1 Å². The second kappa shape index (κ2) is 8.73. The van der Waals surface area contributed by atoms with Gasteiger partial charge in [0.15, 0.2) is 0 Å². The van der Waals surface area contributed by atoms with Gasteiger partial charge in [-0.15, -0.1) is 0 Å². The Kier molecular flexibility index (Phi) is 6.32. The Morgan fingerprint density at radius 2 is 1.55 bits per heavy atom. The van der Waals surface area contributed by atoms with Crippen LogP contribution in [0, 0.1) is 11.6 Å². The maximum absolute atomic E-state index is 13.6. The number of nitrogens with zero attached hydrogens (tertiary/aromatic N) is 1. The summed E-state index contributed by atoms with van der Waals surface area (Å²) in [6.45, 7) is 0. The summed E-state index contributed by atoms with van der Waals surface area (Å²) in [5.74, 6) is -3.54. The molecule has 0 saturated heterocycles. The number of pyridine rings is 1. The standard InChI is InChI=1S/C19H10Cl3F2N3O2/c20-10-6-4-9(5-7-10)15-11(21)8-14(25-17(15)22)26-19(29)27-18(28)16-12(23)2-1-3-13(16)24/h1-8H,(H2,25,26,27,28,29). The highest BCUT2D eigenvalue weighted by Crippen LogP contribution is 2.35. The summed E-state index contributed by atoms with van der Waals surface area (Å²) >= 11 is 18.3. The molecule has 148 valence electrons. The number of imide groups is 1. The van der Waals surface area contributed by atoms with Gasteiger partial charge in [-0.2, -0.15) is 0 Å². The van der Waals surface area contributed by atoms with Gasteiger partial charge in [0.2, 0.25) is 0 Å². The number of carbonyl (C=O) groups excluding carboxylic acids is 2. The first-order valence-corrected chi connectivity index (χ1v) is 9.08. The van der Waals surface area contributed by atoms with Crippen molar-refractivity contribution in [2.75, 3.05) is 5.32 Å². The van der Waals surface area contributed by atoms with Crippen molar-refractivity contribution in [1.82, 2.24) is 10.3 Å². The van der Waals surface area contributed by atoms with Crippen molar-refractivity contribution in [3.05, 3.63) is 80.9 Å². The highest BCUT2D eigenvalue weighted by Gasteiger charge is 2.20. The highest BCUT2D eigenvalue weighted by atomic mass is 35.5. The number of rotatable bonds is 3. The number of aromatic nitrogens is 1. The molecule has 29 heavy (non-hydrogen) atoms. The largest absolute Gasteiger partial charge is 0.327 e. The van der Waals surface area contributed by atoms with Crippen LogP contribution in [-0.2, 0) is 0 Å². The first-order valence-electron chi connectivity index (χ1n) is 7.94. The molecule has 0 radical (unpaired) electrons. The first-order chi connectivity index (χ1) is 13.8. The topological polar surface area (TPSA) is 71.1 Å². The first kappa shape index (κ1) is 21.0. The molecule has 0 unspecified atom stereocenters. The molecule has 1 aromatic heterocycles. The van der Waals surface area contributed by atoms with Gasteiger partial charge in [-0.25, -0.2) is 18.6 Å². The molecule has 3 aromatic rings. The fourth-order valence-corrected chi connectivity index (χ4v) is 3.23. The van der Waals surface area contributed by atoms with Gasteiger partial charge in [-0.3, -0.25) is 15.4 Å². The van der Waals surface area contributed by atoms with Gasteiger partial charge >= 0.3 is 6.03 Å². The Balaban J connectivity index is 1.77. The second-order valence-corrected chi connectivity index (χ2v) is 6.87. The molecule has 3 amide bonds. The van der Waals surface area contributed by atoms with Gasteiger partial charge in [0.1, 0.15) is 28.2 Å². The number of urea groups is 1. The summed E-state index contributed by atoms with van der Waals surface area (Å²) < 4.78 is 27.3. The van der Waals surface area contributed by atoms with Gasteiger partial charge in [-0.1, -0.05) is 53.0 Å². The summed E-state index contributed by atoms with van der Waals surface area (Å²) in [5.41, 5.74) is 0.184. The molecule has 1 heterocycles. The van der Waals surface area contributed by atoms with Crippen LogP contribution in [0.1, 0.15) is 10.4 Å². The zero-order valence-electron chi connectivity index (χ0n) is 14.3. The number of nitrogens with one attached hydrogen (secondary N) is 2. The van der Waals surface area contributed by atoms with Gasteiger partial charge in [0.25, 0.3) is 5.91 Å². The van der Waals surface area contributed by atoms with E-state index in [4.69, 9.17) is 34.8 Å². The monoisotopic (exact) mass is 455 g/mol. The quantitative estimate of drug-likeness (QED) is 0.479. The Morgan fingerprint density at radius 3 is 2.14 bits per heavy atom. The van der Waals surface area contributed by atoms with Crippen LogP contribution in [-0.4, -0.2) is 16.9 Å². The third-order valence-electron chi connectivity index (χ3n) is 3.72. The van der Waals surface area contributed by atoms with E-state index in [1.165, 1.54) is 6.07 Å². The zero-order chi connectivity index (χ0) is 21.1. The lowest BCUT2D eigenvalue weighted by atomic mass is 10.1. The average Bonchev–Trinajstić information content (AvgIpc) is 2.62. The van der Waals surface area contributed by atoms with Crippen molar-refractivity contribution in [2.45, 2.75) is 0 Å². The molecule has 5 nitrogen and oxygen atoms in total. The molecule has 10 heteroatoms. The van der Waals surface area contributed by atoms with Crippen LogP contribution in [0.25, 0.3) is 11.1 Å². The third kappa shape index (κ3) is 4.82. The third-order valence-corrected chi connectivity index (χ3v) is 4.54. The Labute approximate surface area is 178 Å². The minimum absolute atomic E-state index is 0.0124. The number of anilines is 1. The van der Waals surface area contributed by atoms with Crippen molar-refractivity contribution < 1.29 is 18.4 Å². The molecular formula is C19H10Cl3F2N3O2. The molecule has 0 aliphatic carbocycles. The SMILES string of the molecule is O=C(NC(=O)c1c(F)cccc1F)Nc1cc(Cl)c(-c2ccc(Cl)cc2)c(Cl)n1. The molecule has 3 rings (SSSR count). The second-order valence-electron chi connectivity index (χ2n) is 5.67. The van der Waals surface area contributed by atoms with E-state index >= 15 is 0 Å². The number of amides is 3. The molecule has 0 aliphatic rings. The average molecular weight is 457 g/mol. The molecule has 0 aliphatic heterocycles. The minimum Gasteiger partial charge on any atom is -0.292 e. The van der Waals surface area contributed by atoms with E-state index in [0.717, 1.165) is 18.2 Å². The zero-order valence-corrected chi connectivity index (χ0v) is 16.5. The van der Waals surface area contributed by atoms with Crippen LogP contribution in [0.2, 0.25) is 15.2 Å². The Hall–Kier alpha value is -2.74. The number of benzene rings is 2. The lowest BCUT2D eigenvalue weighted by Gasteiger charge is -2.11. The van der Waals surface area contributed by atoms with Gasteiger partial charge in [0, 0.05) is 16.7 Å². The van der Waals surface area contributed by atoms with E-state index in [0.29, 0.717) is 16.1 Å². The maximum Gasteiger partial charge on any atom is 0.327 e. The fourth-order valence-electron chi connectivity index (χ4n) is 2.45. The molecule has 0 fully saturated rings. The summed E-state index contributed by atoms with van der Waals surface area (Å²) in [4.78, 5) is 28.0. The molecule has 0 spiro atoms. The predicted molar refractivity (Wildman–Crippen MR) is 108 cm³/mol. The van der Waals surface area contributed by atoms with E-state index < -0.39 is 29.1 Å². The van der Waals surface area contributed by atoms with Crippen LogP contribution < -0.4 is 10.6 Å². The van der Waals surface area contributed by atoms with Crippen molar-refractivity contribution in [1.29, 1.82) is 0 Å². The number of hydrogen-bond donors (Lipinski definition) is 2. The van der Waals surface area contributed by atoms with Gasteiger partial charge in [0.05, 0.1) is 5.02 Å². The Morgan fingerprint density at radius 1 is 0.931 bits per heavy atom. The lowest BCUT2D eigenvalue weighted by molar-refractivity contribution is 0.0959. The van der Waals surface area contributed by atoms with Gasteiger partial charge in [-0.05, 0) is 29.8 Å². The van der Waals surface area contributed by atoms with Crippen LogP contribution >= 0.6 is 34.8 Å². The predicted octanol–water partition coefficient (Wildman–Crippen LogP) is 5.95. The van der Waals surface area contributed by atoms with E-state index in [1.807, 2.05) is 5.32 Å². The van der Waals surface area contributed by atoms with E-state index in [9.17, 15) is 18.4 Å². The van der Waals surface area contributed by atoms with E-state index in [1.54, 1.807) is 24.3 Å². The van der Waals surface area contributed by atoms with Crippen molar-refractivity contribution in [2.24, 2.45) is 0 Å². The van der Waals surface area contributed by atoms with E-state index in [2.05, 4.69) is 10.3 Å². The smallest absolute Gasteiger partial charge is 0.292 e. The van der Waals surface area contributed by atoms with Crippen LogP contribution in [0.15, 0.2) is 48.5 Å². The number of carbonyl (C=O) groups is 2. The molecule has 0 bridgehead atoms. The summed E-state index contributed by atoms with van der Waals surface area (Å²) in [5, 5.41) is 4.73. The summed E-state index contributed by atoms with van der Waals surface area (Å²) in [6, 6.07) is 9.81. The Bertz CT molecular complexity index is 1070. The fraction of sp³-hybridized carbons (Fsp3) is 0. The normalized spacial score (nSPS) is 10.5. The molecule has 2 aromatic carbocycles. The minimum atomic E-state index is -1.26.